The summed E-state index contributed by atoms with van der Waals surface area (Å²) in [7, 11) is 2.51. The van der Waals surface area contributed by atoms with E-state index in [9.17, 15) is 14.4 Å². The number of nitrogen functional groups attached to an aromatic ring is 1. The van der Waals surface area contributed by atoms with Crippen LogP contribution in [0.1, 0.15) is 64.5 Å². The molecule has 0 aliphatic rings. The van der Waals surface area contributed by atoms with Crippen LogP contribution >= 0.6 is 0 Å². The summed E-state index contributed by atoms with van der Waals surface area (Å²) >= 11 is 0. The second kappa shape index (κ2) is 30.5. The highest BCUT2D eigenvalue weighted by Crippen LogP contribution is 2.42. The normalized spacial score (nSPS) is 10.3. The van der Waals surface area contributed by atoms with Gasteiger partial charge in [0, 0.05) is 5.56 Å². The zero-order chi connectivity index (χ0) is 57.2. The molecule has 0 spiro atoms. The summed E-state index contributed by atoms with van der Waals surface area (Å²) in [6.07, 6.45) is 0. The van der Waals surface area contributed by atoms with Crippen molar-refractivity contribution in [2.75, 3.05) is 14.2 Å². The predicted octanol–water partition coefficient (Wildman–Crippen LogP) is 11.8. The van der Waals surface area contributed by atoms with Gasteiger partial charge >= 0.3 is 11.9 Å². The fourth-order valence-electron chi connectivity index (χ4n) is 7.56. The van der Waals surface area contributed by atoms with Gasteiger partial charge in [0.25, 0.3) is 5.91 Å². The first-order valence-corrected chi connectivity index (χ1v) is 25.3. The van der Waals surface area contributed by atoms with Gasteiger partial charge in [0.05, 0.1) is 25.3 Å². The molecule has 16 nitrogen and oxygen atoms in total. The van der Waals surface area contributed by atoms with Crippen LogP contribution in [0.25, 0.3) is 0 Å². The van der Waals surface area contributed by atoms with Gasteiger partial charge in [0.15, 0.2) is 40.2 Å². The highest BCUT2D eigenvalue weighted by atomic mass is 16.6. The Morgan fingerprint density at radius 3 is 0.840 bits per heavy atom. The van der Waals surface area contributed by atoms with Gasteiger partial charge in [-0.05, 0) is 69.8 Å². The number of hydrogen-bond donors (Lipinski definition) is 5. The minimum Gasteiger partial charge on any atom is -0.504 e. The number of carbonyl (C=O) groups excluding carboxylic acids is 3. The highest BCUT2D eigenvalue weighted by Gasteiger charge is 2.22. The fourth-order valence-corrected chi connectivity index (χ4v) is 7.56. The molecular formula is C65H60N2O14. The number of methoxy groups -OCH3 is 2. The molecule has 0 unspecified atom stereocenters. The van der Waals surface area contributed by atoms with E-state index in [1.165, 1.54) is 14.2 Å². The Balaban J connectivity index is 0.000000192. The third kappa shape index (κ3) is 17.8. The Labute approximate surface area is 469 Å². The van der Waals surface area contributed by atoms with E-state index in [-0.39, 0.29) is 5.56 Å². The number of carbonyl (C=O) groups is 3. The van der Waals surface area contributed by atoms with Crippen molar-refractivity contribution >= 4 is 17.8 Å². The minimum absolute atomic E-state index is 0.0321. The van der Waals surface area contributed by atoms with Crippen LogP contribution in [0, 0.1) is 0 Å². The summed E-state index contributed by atoms with van der Waals surface area (Å²) in [5, 5.41) is 26.9. The number of ether oxygens (including phenoxy) is 8. The summed E-state index contributed by atoms with van der Waals surface area (Å²) < 4.78 is 46.2. The molecule has 0 bridgehead atoms. The highest BCUT2D eigenvalue weighted by molar-refractivity contribution is 5.95. The van der Waals surface area contributed by atoms with E-state index in [4.69, 9.17) is 54.3 Å². The molecule has 0 aromatic heterocycles. The number of aromatic hydroxyl groups is 3. The maximum absolute atomic E-state index is 12.4. The molecule has 0 atom stereocenters. The third-order valence-corrected chi connectivity index (χ3v) is 11.7. The smallest absolute Gasteiger partial charge is 0.338 e. The van der Waals surface area contributed by atoms with Gasteiger partial charge in [0.2, 0.25) is 11.5 Å². The van der Waals surface area contributed by atoms with E-state index in [0.717, 1.165) is 45.5 Å². The molecule has 6 N–H and O–H groups in total. The molecule has 0 radical (unpaired) electrons. The number of amides is 1. The molecule has 81 heavy (non-hydrogen) atoms. The molecule has 0 heterocycles. The first kappa shape index (κ1) is 58.2. The first-order valence-electron chi connectivity index (χ1n) is 25.3. The lowest BCUT2D eigenvalue weighted by atomic mass is 10.1. The largest absolute Gasteiger partial charge is 0.504 e. The summed E-state index contributed by atoms with van der Waals surface area (Å²) in [6, 6.07) is 67.2. The maximum atomic E-state index is 12.4. The van der Waals surface area contributed by atoms with Crippen molar-refractivity contribution in [1.82, 2.24) is 5.43 Å². The van der Waals surface area contributed by atoms with Crippen molar-refractivity contribution in [2.45, 2.75) is 39.6 Å². The maximum Gasteiger partial charge on any atom is 0.338 e. The Morgan fingerprint density at radius 2 is 0.593 bits per heavy atom. The molecule has 0 saturated carbocycles. The van der Waals surface area contributed by atoms with Gasteiger partial charge in [-0.15, -0.1) is 0 Å². The lowest BCUT2D eigenvalue weighted by Gasteiger charge is -2.19. The van der Waals surface area contributed by atoms with Gasteiger partial charge in [-0.1, -0.05) is 182 Å². The molecule has 414 valence electrons. The molecule has 9 aromatic rings. The second-order valence-electron chi connectivity index (χ2n) is 17.6. The van der Waals surface area contributed by atoms with E-state index < -0.39 is 35.1 Å². The van der Waals surface area contributed by atoms with E-state index in [2.05, 4.69) is 10.2 Å². The monoisotopic (exact) mass is 1090 g/mol. The number of rotatable bonds is 21. The van der Waals surface area contributed by atoms with E-state index in [1.54, 1.807) is 24.3 Å². The molecule has 0 aliphatic heterocycles. The summed E-state index contributed by atoms with van der Waals surface area (Å²) in [5.74, 6) is 4.41. The van der Waals surface area contributed by atoms with Crippen LogP contribution in [-0.4, -0.2) is 47.4 Å². The van der Waals surface area contributed by atoms with Crippen LogP contribution in [-0.2, 0) is 49.1 Å². The predicted molar refractivity (Wildman–Crippen MR) is 303 cm³/mol. The minimum atomic E-state index is -0.703. The molecule has 0 saturated heterocycles. The summed E-state index contributed by atoms with van der Waals surface area (Å²) in [6.45, 7) is 1.85. The number of phenols is 3. The van der Waals surface area contributed by atoms with Crippen LogP contribution < -0.4 is 39.7 Å². The number of nitrogens with two attached hydrogens (primary N) is 1. The van der Waals surface area contributed by atoms with Crippen LogP contribution in [0.3, 0.4) is 0 Å². The topological polar surface area (TPSA) is 224 Å². The molecule has 0 fully saturated rings. The summed E-state index contributed by atoms with van der Waals surface area (Å²) in [4.78, 5) is 35.7. The fraction of sp³-hybridized carbons (Fsp3) is 0.123. The Morgan fingerprint density at radius 1 is 0.358 bits per heavy atom. The van der Waals surface area contributed by atoms with Crippen LogP contribution in [0.4, 0.5) is 0 Å². The van der Waals surface area contributed by atoms with Crippen molar-refractivity contribution in [3.05, 3.63) is 268 Å². The van der Waals surface area contributed by atoms with Crippen molar-refractivity contribution in [3.8, 4) is 51.7 Å². The van der Waals surface area contributed by atoms with E-state index in [1.807, 2.05) is 182 Å². The molecule has 1 amide bonds. The second-order valence-corrected chi connectivity index (χ2v) is 17.6. The molecule has 9 aromatic carbocycles. The number of hydrogen-bond acceptors (Lipinski definition) is 15. The first-order chi connectivity index (χ1) is 39.5. The zero-order valence-corrected chi connectivity index (χ0v) is 44.4. The Bertz CT molecular complexity index is 3060. The third-order valence-electron chi connectivity index (χ3n) is 11.7. The Kier molecular flexibility index (Phi) is 21.9. The van der Waals surface area contributed by atoms with Gasteiger partial charge in [0.1, 0.15) is 39.6 Å². The van der Waals surface area contributed by atoms with Gasteiger partial charge in [-0.25, -0.2) is 15.4 Å². The van der Waals surface area contributed by atoms with Crippen molar-refractivity contribution in [1.29, 1.82) is 0 Å². The van der Waals surface area contributed by atoms with Crippen LogP contribution in [0.5, 0.6) is 51.7 Å². The number of esters is 2. The summed E-state index contributed by atoms with van der Waals surface area (Å²) in [5.41, 5.74) is 8.71. The van der Waals surface area contributed by atoms with Crippen LogP contribution in [0.2, 0.25) is 0 Å². The standard InChI is InChI=1S/C29H26O5.C28H26N2O4.C8H8O5/c1-31-29(30)25-17-26(32-19-22-11-5-2-6-12-22)28(34-21-24-15-9-4-10-16-24)27(18-25)33-20-23-13-7-3-8-14-23;29-30-28(31)24-16-25(32-18-21-10-4-1-5-11-21)27(34-20-23-14-8-3-9-15-23)26(17-24)33-19-22-12-6-2-7-13-22;1-13-8(12)4-2-5(9)7(11)6(10)3-4/h2-18H,19-21H2,1H3;1-17H,18-20,29H2,(H,30,31);2-3,9-11H,1H3. The van der Waals surface area contributed by atoms with E-state index in [0.29, 0.717) is 85.3 Å². The van der Waals surface area contributed by atoms with Gasteiger partial charge < -0.3 is 53.2 Å². The van der Waals surface area contributed by atoms with Crippen molar-refractivity contribution < 1.29 is 67.6 Å². The van der Waals surface area contributed by atoms with Crippen molar-refractivity contribution in [3.63, 3.8) is 0 Å². The number of phenolic OH excluding ortho intramolecular Hbond substituents is 3. The van der Waals surface area contributed by atoms with Gasteiger partial charge in [-0.3, -0.25) is 10.2 Å². The molecule has 16 heteroatoms. The average Bonchev–Trinajstić information content (AvgIpc) is 3.52. The van der Waals surface area contributed by atoms with E-state index >= 15 is 0 Å². The van der Waals surface area contributed by atoms with Crippen molar-refractivity contribution in [2.24, 2.45) is 5.84 Å². The van der Waals surface area contributed by atoms with Crippen LogP contribution in [0.15, 0.2) is 218 Å². The zero-order valence-electron chi connectivity index (χ0n) is 44.4. The number of benzene rings is 9. The lowest BCUT2D eigenvalue weighted by Crippen LogP contribution is -2.30. The molecule has 0 aliphatic carbocycles. The molecular weight excluding hydrogens is 1030 g/mol. The van der Waals surface area contributed by atoms with Gasteiger partial charge in [-0.2, -0.15) is 0 Å². The quantitative estimate of drug-likeness (QED) is 0.0148. The molecule has 9 rings (SSSR count). The number of nitrogens with one attached hydrogen (secondary N) is 1. The Hall–Kier alpha value is -10.5. The SMILES string of the molecule is COC(=O)c1cc(O)c(O)c(O)c1.COC(=O)c1cc(OCc2ccccc2)c(OCc2ccccc2)c(OCc2ccccc2)c1.NNC(=O)c1cc(OCc2ccccc2)c(OCc2ccccc2)c(OCc2ccccc2)c1. The average molecular weight is 1090 g/mol. The number of hydrazine groups is 1. The lowest BCUT2D eigenvalue weighted by molar-refractivity contribution is 0.0591.